The van der Waals surface area contributed by atoms with Gasteiger partial charge in [-0.2, -0.15) is 0 Å². The summed E-state index contributed by atoms with van der Waals surface area (Å²) in [5.41, 5.74) is 7.66. The number of hydrogen-bond acceptors (Lipinski definition) is 4. The van der Waals surface area contributed by atoms with E-state index in [2.05, 4.69) is 4.98 Å². The van der Waals surface area contributed by atoms with E-state index in [1.54, 1.807) is 12.5 Å². The lowest BCUT2D eigenvalue weighted by atomic mass is 10.2. The second kappa shape index (κ2) is 6.13. The van der Waals surface area contributed by atoms with Gasteiger partial charge in [0.15, 0.2) is 0 Å². The summed E-state index contributed by atoms with van der Waals surface area (Å²) >= 11 is 0. The van der Waals surface area contributed by atoms with Gasteiger partial charge >= 0.3 is 0 Å². The van der Waals surface area contributed by atoms with Crippen LogP contribution in [0.4, 0.5) is 11.4 Å². The number of nitrogen functional groups attached to an aromatic ring is 1. The van der Waals surface area contributed by atoms with Crippen molar-refractivity contribution in [1.29, 1.82) is 0 Å². The van der Waals surface area contributed by atoms with Crippen LogP contribution in [-0.2, 0) is 6.54 Å². The molecule has 5 heteroatoms. The molecule has 2 aromatic rings. The van der Waals surface area contributed by atoms with Gasteiger partial charge in [-0.3, -0.25) is 0 Å². The van der Waals surface area contributed by atoms with E-state index in [1.807, 2.05) is 48.0 Å². The molecule has 2 rings (SSSR count). The summed E-state index contributed by atoms with van der Waals surface area (Å²) < 4.78 is 7.77. The van der Waals surface area contributed by atoms with E-state index < -0.39 is 0 Å². The minimum atomic E-state index is 0.638. The molecule has 0 amide bonds. The van der Waals surface area contributed by atoms with E-state index >= 15 is 0 Å². The lowest BCUT2D eigenvalue weighted by Crippen LogP contribution is -2.10. The van der Waals surface area contributed by atoms with E-state index in [-0.39, 0.29) is 0 Å². The summed E-state index contributed by atoms with van der Waals surface area (Å²) in [4.78, 5) is 6.03. The highest BCUT2D eigenvalue weighted by Gasteiger charge is 2.03. The molecule has 0 fully saturated rings. The molecule has 2 N–H and O–H groups in total. The minimum Gasteiger partial charge on any atom is -0.491 e. The average molecular weight is 260 g/mol. The molecule has 0 aliphatic rings. The Kier molecular flexibility index (Phi) is 4.28. The van der Waals surface area contributed by atoms with Gasteiger partial charge in [-0.05, 0) is 18.6 Å². The van der Waals surface area contributed by atoms with Crippen molar-refractivity contribution in [3.05, 3.63) is 36.9 Å². The quantitative estimate of drug-likeness (QED) is 0.637. The molecule has 0 unspecified atom stereocenters. The minimum absolute atomic E-state index is 0.638. The molecule has 0 saturated carbocycles. The Balaban J connectivity index is 1.86. The van der Waals surface area contributed by atoms with Gasteiger partial charge in [-0.25, -0.2) is 4.98 Å². The highest BCUT2D eigenvalue weighted by Crippen LogP contribution is 2.26. The van der Waals surface area contributed by atoms with Gasteiger partial charge in [-0.15, -0.1) is 0 Å². The normalized spacial score (nSPS) is 10.4. The highest BCUT2D eigenvalue weighted by molar-refractivity contribution is 5.61. The SMILES string of the molecule is CN(C)c1ccc(N)c(OCCCn2ccnc2)c1. The van der Waals surface area contributed by atoms with Gasteiger partial charge < -0.3 is 19.9 Å². The van der Waals surface area contributed by atoms with Crippen LogP contribution in [0.2, 0.25) is 0 Å². The maximum Gasteiger partial charge on any atom is 0.144 e. The molecule has 5 nitrogen and oxygen atoms in total. The highest BCUT2D eigenvalue weighted by atomic mass is 16.5. The van der Waals surface area contributed by atoms with Crippen molar-refractivity contribution in [2.45, 2.75) is 13.0 Å². The molecule has 0 aliphatic carbocycles. The van der Waals surface area contributed by atoms with Crippen LogP contribution in [0.1, 0.15) is 6.42 Å². The molecule has 0 atom stereocenters. The Bertz CT molecular complexity index is 508. The Labute approximate surface area is 113 Å². The zero-order valence-electron chi connectivity index (χ0n) is 11.4. The Morgan fingerprint density at radius 2 is 2.21 bits per heavy atom. The van der Waals surface area contributed by atoms with Crippen molar-refractivity contribution >= 4 is 11.4 Å². The van der Waals surface area contributed by atoms with Crippen LogP contribution in [0.3, 0.4) is 0 Å². The van der Waals surface area contributed by atoms with Gasteiger partial charge in [0.25, 0.3) is 0 Å². The predicted octanol–water partition coefficient (Wildman–Crippen LogP) is 2.00. The largest absolute Gasteiger partial charge is 0.491 e. The first-order chi connectivity index (χ1) is 9.16. The summed E-state index contributed by atoms with van der Waals surface area (Å²) in [6, 6.07) is 5.82. The van der Waals surface area contributed by atoms with Crippen LogP contribution in [0.25, 0.3) is 0 Å². The molecule has 0 radical (unpaired) electrons. The van der Waals surface area contributed by atoms with E-state index in [9.17, 15) is 0 Å². The molecule has 19 heavy (non-hydrogen) atoms. The first-order valence-corrected chi connectivity index (χ1v) is 6.32. The summed E-state index contributed by atoms with van der Waals surface area (Å²) in [7, 11) is 3.99. The van der Waals surface area contributed by atoms with Crippen LogP contribution in [-0.4, -0.2) is 30.3 Å². The Hall–Kier alpha value is -2.17. The number of rotatable bonds is 6. The number of hydrogen-bond donors (Lipinski definition) is 1. The molecular weight excluding hydrogens is 240 g/mol. The average Bonchev–Trinajstić information content (AvgIpc) is 2.89. The standard InChI is InChI=1S/C14H20N4O/c1-17(2)12-4-5-13(15)14(10-12)19-9-3-7-18-8-6-16-11-18/h4-6,8,10-11H,3,7,9,15H2,1-2H3. The first-order valence-electron chi connectivity index (χ1n) is 6.32. The topological polar surface area (TPSA) is 56.3 Å². The zero-order chi connectivity index (χ0) is 13.7. The maximum atomic E-state index is 5.91. The van der Waals surface area contributed by atoms with E-state index in [0.29, 0.717) is 12.3 Å². The van der Waals surface area contributed by atoms with Gasteiger partial charge in [0.1, 0.15) is 5.75 Å². The molecular formula is C14H20N4O. The summed E-state index contributed by atoms with van der Waals surface area (Å²) in [6.45, 7) is 1.53. The third-order valence-corrected chi connectivity index (χ3v) is 2.89. The Morgan fingerprint density at radius 3 is 2.89 bits per heavy atom. The van der Waals surface area contributed by atoms with Crippen molar-refractivity contribution in [3.63, 3.8) is 0 Å². The number of benzene rings is 1. The van der Waals surface area contributed by atoms with Crippen LogP contribution in [0, 0.1) is 0 Å². The molecule has 1 aromatic heterocycles. The Morgan fingerprint density at radius 1 is 1.37 bits per heavy atom. The summed E-state index contributed by atoms with van der Waals surface area (Å²) in [5, 5.41) is 0. The van der Waals surface area contributed by atoms with E-state index in [0.717, 1.165) is 24.4 Å². The van der Waals surface area contributed by atoms with Gasteiger partial charge in [-0.1, -0.05) is 0 Å². The number of aryl methyl sites for hydroxylation is 1. The number of ether oxygens (including phenoxy) is 1. The lowest BCUT2D eigenvalue weighted by Gasteiger charge is -2.15. The van der Waals surface area contributed by atoms with Crippen LogP contribution < -0.4 is 15.4 Å². The molecule has 0 spiro atoms. The molecule has 102 valence electrons. The molecule has 0 saturated heterocycles. The van der Waals surface area contributed by atoms with E-state index in [4.69, 9.17) is 10.5 Å². The van der Waals surface area contributed by atoms with Crippen molar-refractivity contribution in [2.24, 2.45) is 0 Å². The fourth-order valence-corrected chi connectivity index (χ4v) is 1.77. The summed E-state index contributed by atoms with van der Waals surface area (Å²) in [5.74, 6) is 0.747. The predicted molar refractivity (Wildman–Crippen MR) is 77.5 cm³/mol. The van der Waals surface area contributed by atoms with Crippen LogP contribution >= 0.6 is 0 Å². The van der Waals surface area contributed by atoms with Gasteiger partial charge in [0.2, 0.25) is 0 Å². The summed E-state index contributed by atoms with van der Waals surface area (Å²) in [6.07, 6.45) is 6.45. The number of imidazole rings is 1. The van der Waals surface area contributed by atoms with E-state index in [1.165, 1.54) is 0 Å². The molecule has 1 aromatic carbocycles. The number of nitrogens with two attached hydrogens (primary N) is 1. The second-order valence-corrected chi connectivity index (χ2v) is 4.62. The second-order valence-electron chi connectivity index (χ2n) is 4.62. The molecule has 0 aliphatic heterocycles. The van der Waals surface area contributed by atoms with Crippen LogP contribution in [0.15, 0.2) is 36.9 Å². The zero-order valence-corrected chi connectivity index (χ0v) is 11.4. The van der Waals surface area contributed by atoms with Crippen molar-refractivity contribution < 1.29 is 4.74 Å². The third kappa shape index (κ3) is 3.64. The number of nitrogens with zero attached hydrogens (tertiary/aromatic N) is 3. The number of anilines is 2. The van der Waals surface area contributed by atoms with Crippen LogP contribution in [0.5, 0.6) is 5.75 Å². The number of aromatic nitrogens is 2. The lowest BCUT2D eigenvalue weighted by molar-refractivity contribution is 0.303. The molecule has 1 heterocycles. The fraction of sp³-hybridized carbons (Fsp3) is 0.357. The maximum absolute atomic E-state index is 5.91. The van der Waals surface area contributed by atoms with Crippen molar-refractivity contribution in [3.8, 4) is 5.75 Å². The monoisotopic (exact) mass is 260 g/mol. The van der Waals surface area contributed by atoms with Crippen molar-refractivity contribution in [1.82, 2.24) is 9.55 Å². The van der Waals surface area contributed by atoms with Crippen molar-refractivity contribution in [2.75, 3.05) is 31.3 Å². The molecule has 0 bridgehead atoms. The smallest absolute Gasteiger partial charge is 0.144 e. The van der Waals surface area contributed by atoms with Gasteiger partial charge in [0, 0.05) is 44.8 Å². The van der Waals surface area contributed by atoms with Gasteiger partial charge in [0.05, 0.1) is 18.6 Å². The fourth-order valence-electron chi connectivity index (χ4n) is 1.77. The first kappa shape index (κ1) is 13.3. The third-order valence-electron chi connectivity index (χ3n) is 2.89.